The van der Waals surface area contributed by atoms with Crippen LogP contribution in [0.3, 0.4) is 0 Å². The third-order valence-corrected chi connectivity index (χ3v) is 3.86. The van der Waals surface area contributed by atoms with Crippen LogP contribution in [0.25, 0.3) is 17.9 Å². The van der Waals surface area contributed by atoms with Crippen LogP contribution in [0.2, 0.25) is 0 Å². The lowest BCUT2D eigenvalue weighted by Crippen LogP contribution is -2.20. The number of H-pyrrole nitrogens is 1. The van der Waals surface area contributed by atoms with Gasteiger partial charge < -0.3 is 4.90 Å². The van der Waals surface area contributed by atoms with Gasteiger partial charge in [-0.15, -0.1) is 0 Å². The van der Waals surface area contributed by atoms with Crippen molar-refractivity contribution in [1.82, 2.24) is 19.6 Å². The Morgan fingerprint density at radius 1 is 1.32 bits per heavy atom. The van der Waals surface area contributed by atoms with Crippen molar-refractivity contribution in [3.8, 4) is 0 Å². The molecule has 9 nitrogen and oxygen atoms in total. The fourth-order valence-corrected chi connectivity index (χ4v) is 2.35. The number of anilines is 1. The Balaban J connectivity index is 1.99. The molecule has 2 heterocycles. The van der Waals surface area contributed by atoms with Crippen LogP contribution in [0, 0.1) is 10.1 Å². The van der Waals surface area contributed by atoms with Crippen molar-refractivity contribution in [1.29, 1.82) is 0 Å². The SMILES string of the molecule is CCN(C)c1ccc(/C=C\c2nc3nc[nH]n3c(=O)c2[N+](=O)[O-])cc1. The highest BCUT2D eigenvalue weighted by Gasteiger charge is 2.22. The number of nitrogens with zero attached hydrogens (tertiary/aromatic N) is 5. The Kier molecular flexibility index (Phi) is 4.29. The molecule has 0 aliphatic heterocycles. The number of hydrogen-bond acceptors (Lipinski definition) is 6. The molecule has 0 aliphatic rings. The molecule has 3 aromatic rings. The Hall–Kier alpha value is -3.49. The fraction of sp³-hybridized carbons (Fsp3) is 0.188. The van der Waals surface area contributed by atoms with Gasteiger partial charge in [-0.1, -0.05) is 18.2 Å². The summed E-state index contributed by atoms with van der Waals surface area (Å²) in [5.74, 6) is 0.0789. The number of rotatable bonds is 5. The summed E-state index contributed by atoms with van der Waals surface area (Å²) in [5.41, 5.74) is 0.482. The third-order valence-electron chi connectivity index (χ3n) is 3.86. The Morgan fingerprint density at radius 3 is 2.68 bits per heavy atom. The number of hydrogen-bond donors (Lipinski definition) is 1. The summed E-state index contributed by atoms with van der Waals surface area (Å²) in [7, 11) is 1.99. The zero-order valence-electron chi connectivity index (χ0n) is 13.7. The molecule has 0 fully saturated rings. The number of aromatic nitrogens is 4. The molecule has 0 radical (unpaired) electrons. The van der Waals surface area contributed by atoms with E-state index in [0.717, 1.165) is 22.3 Å². The molecule has 0 unspecified atom stereocenters. The van der Waals surface area contributed by atoms with E-state index in [1.54, 1.807) is 6.08 Å². The van der Waals surface area contributed by atoms with Gasteiger partial charge in [-0.25, -0.2) is 9.97 Å². The van der Waals surface area contributed by atoms with Crippen molar-refractivity contribution in [3.63, 3.8) is 0 Å². The van der Waals surface area contributed by atoms with E-state index in [-0.39, 0.29) is 11.5 Å². The summed E-state index contributed by atoms with van der Waals surface area (Å²) in [6.45, 7) is 2.95. The highest BCUT2D eigenvalue weighted by atomic mass is 16.6. The number of nitro groups is 1. The summed E-state index contributed by atoms with van der Waals surface area (Å²) in [6.07, 6.45) is 4.38. The molecule has 3 rings (SSSR count). The molecule has 0 bridgehead atoms. The van der Waals surface area contributed by atoms with Crippen LogP contribution in [-0.4, -0.2) is 38.1 Å². The maximum atomic E-state index is 12.2. The van der Waals surface area contributed by atoms with Gasteiger partial charge in [0.05, 0.1) is 4.92 Å². The normalized spacial score (nSPS) is 11.3. The van der Waals surface area contributed by atoms with Crippen LogP contribution in [0.5, 0.6) is 0 Å². The third kappa shape index (κ3) is 3.11. The van der Waals surface area contributed by atoms with Crippen molar-refractivity contribution in [2.75, 3.05) is 18.5 Å². The van der Waals surface area contributed by atoms with E-state index in [4.69, 9.17) is 0 Å². The molecule has 25 heavy (non-hydrogen) atoms. The zero-order valence-corrected chi connectivity index (χ0v) is 13.7. The van der Waals surface area contributed by atoms with Gasteiger partial charge in [-0.3, -0.25) is 20.0 Å². The first-order valence-corrected chi connectivity index (χ1v) is 7.61. The second-order valence-corrected chi connectivity index (χ2v) is 5.37. The second kappa shape index (κ2) is 6.56. The molecular weight excluding hydrogens is 324 g/mol. The van der Waals surface area contributed by atoms with Crippen molar-refractivity contribution in [2.24, 2.45) is 0 Å². The highest BCUT2D eigenvalue weighted by molar-refractivity contribution is 5.73. The molecule has 0 saturated carbocycles. The first kappa shape index (κ1) is 16.4. The summed E-state index contributed by atoms with van der Waals surface area (Å²) in [5, 5.41) is 13.8. The second-order valence-electron chi connectivity index (χ2n) is 5.37. The minimum absolute atomic E-state index is 0.0307. The molecular formula is C16H16N6O3. The predicted octanol–water partition coefficient (Wildman–Crippen LogP) is 1.95. The lowest BCUT2D eigenvalue weighted by molar-refractivity contribution is -0.386. The molecule has 0 saturated heterocycles. The van der Waals surface area contributed by atoms with E-state index < -0.39 is 16.2 Å². The average Bonchev–Trinajstić information content (AvgIpc) is 3.08. The number of nitrogens with one attached hydrogen (secondary N) is 1. The number of aromatic amines is 1. The van der Waals surface area contributed by atoms with Gasteiger partial charge >= 0.3 is 11.2 Å². The smallest absolute Gasteiger partial charge is 0.361 e. The Bertz CT molecular complexity index is 1000. The maximum Gasteiger partial charge on any atom is 0.361 e. The molecule has 128 valence electrons. The molecule has 0 spiro atoms. The van der Waals surface area contributed by atoms with Crippen LogP contribution in [0.4, 0.5) is 11.4 Å². The summed E-state index contributed by atoms with van der Waals surface area (Å²) >= 11 is 0. The van der Waals surface area contributed by atoms with E-state index in [0.29, 0.717) is 0 Å². The monoisotopic (exact) mass is 340 g/mol. The number of fused-ring (bicyclic) bond motifs is 1. The van der Waals surface area contributed by atoms with E-state index in [1.165, 1.54) is 12.4 Å². The van der Waals surface area contributed by atoms with E-state index in [9.17, 15) is 14.9 Å². The Labute approximate surface area is 142 Å². The average molecular weight is 340 g/mol. The van der Waals surface area contributed by atoms with Gasteiger partial charge in [0.15, 0.2) is 5.69 Å². The molecule has 0 aliphatic carbocycles. The lowest BCUT2D eigenvalue weighted by Gasteiger charge is -2.16. The van der Waals surface area contributed by atoms with E-state index in [2.05, 4.69) is 26.9 Å². The quantitative estimate of drug-likeness (QED) is 0.561. The zero-order chi connectivity index (χ0) is 18.0. The van der Waals surface area contributed by atoms with Crippen molar-refractivity contribution in [2.45, 2.75) is 6.92 Å². The van der Waals surface area contributed by atoms with E-state index >= 15 is 0 Å². The molecule has 1 N–H and O–H groups in total. The lowest BCUT2D eigenvalue weighted by atomic mass is 10.1. The number of benzene rings is 1. The van der Waals surface area contributed by atoms with Gasteiger partial charge in [-0.05, 0) is 30.7 Å². The van der Waals surface area contributed by atoms with Crippen LogP contribution < -0.4 is 10.5 Å². The molecule has 2 aromatic heterocycles. The van der Waals surface area contributed by atoms with Crippen LogP contribution >= 0.6 is 0 Å². The first-order chi connectivity index (χ1) is 12.0. The first-order valence-electron chi connectivity index (χ1n) is 7.61. The van der Waals surface area contributed by atoms with E-state index in [1.807, 2.05) is 31.3 Å². The van der Waals surface area contributed by atoms with Gasteiger partial charge in [0.25, 0.3) is 5.78 Å². The minimum atomic E-state index is -0.799. The van der Waals surface area contributed by atoms with Crippen molar-refractivity contribution < 1.29 is 4.92 Å². The summed E-state index contributed by atoms with van der Waals surface area (Å²) in [4.78, 5) is 32.7. The van der Waals surface area contributed by atoms with Crippen molar-refractivity contribution >= 4 is 29.3 Å². The summed E-state index contributed by atoms with van der Waals surface area (Å²) < 4.78 is 0.935. The topological polar surface area (TPSA) is 109 Å². The van der Waals surface area contributed by atoms with Crippen molar-refractivity contribution in [3.05, 3.63) is 62.3 Å². The van der Waals surface area contributed by atoms with Crippen LogP contribution in [0.15, 0.2) is 35.4 Å². The maximum absolute atomic E-state index is 12.2. The molecule has 9 heteroatoms. The molecule has 0 amide bonds. The predicted molar refractivity (Wildman–Crippen MR) is 94.6 cm³/mol. The standard InChI is InChI=1S/C16H16N6O3/c1-3-20(2)12-7-4-11(5-8-12)6-9-13-14(22(24)25)15(23)21-16(19-13)17-10-18-21/h4-10H,3H2,1-2H3,(H,17,18,19)/b9-6-. The van der Waals surface area contributed by atoms with Crippen LogP contribution in [-0.2, 0) is 0 Å². The van der Waals surface area contributed by atoms with Gasteiger partial charge in [-0.2, -0.15) is 4.52 Å². The minimum Gasteiger partial charge on any atom is -0.375 e. The van der Waals surface area contributed by atoms with Crippen LogP contribution in [0.1, 0.15) is 18.2 Å². The largest absolute Gasteiger partial charge is 0.375 e. The highest BCUT2D eigenvalue weighted by Crippen LogP contribution is 2.18. The van der Waals surface area contributed by atoms with Gasteiger partial charge in [0.2, 0.25) is 0 Å². The fourth-order valence-electron chi connectivity index (χ4n) is 2.35. The van der Waals surface area contributed by atoms with Gasteiger partial charge in [0.1, 0.15) is 6.33 Å². The summed E-state index contributed by atoms with van der Waals surface area (Å²) in [6, 6.07) is 7.70. The molecule has 0 atom stereocenters. The molecule has 1 aromatic carbocycles. The Morgan fingerprint density at radius 2 is 2.04 bits per heavy atom. The van der Waals surface area contributed by atoms with Gasteiger partial charge in [0, 0.05) is 19.3 Å².